The average molecular weight is 547 g/mol. The van der Waals surface area contributed by atoms with Crippen molar-refractivity contribution in [2.24, 2.45) is 4.99 Å². The van der Waals surface area contributed by atoms with Gasteiger partial charge in [0.05, 0.1) is 28.5 Å². The van der Waals surface area contributed by atoms with Crippen LogP contribution in [0.5, 0.6) is 0 Å². The van der Waals surface area contributed by atoms with E-state index in [2.05, 4.69) is 18.8 Å². The Morgan fingerprint density at radius 2 is 1.84 bits per heavy atom. The number of thiazole rings is 1. The molecule has 0 N–H and O–H groups in total. The van der Waals surface area contributed by atoms with Gasteiger partial charge in [-0.05, 0) is 67.3 Å². The van der Waals surface area contributed by atoms with Gasteiger partial charge in [0.25, 0.3) is 5.56 Å². The van der Waals surface area contributed by atoms with Crippen molar-refractivity contribution in [2.45, 2.75) is 39.7 Å². The van der Waals surface area contributed by atoms with Gasteiger partial charge in [-0.25, -0.2) is 9.79 Å². The van der Waals surface area contributed by atoms with Gasteiger partial charge < -0.3 is 9.15 Å². The van der Waals surface area contributed by atoms with E-state index in [0.29, 0.717) is 43.1 Å². The minimum atomic E-state index is -0.644. The Labute approximate surface area is 229 Å². The number of esters is 1. The highest BCUT2D eigenvalue weighted by Gasteiger charge is 2.33. The van der Waals surface area contributed by atoms with E-state index in [1.165, 1.54) is 16.9 Å². The summed E-state index contributed by atoms with van der Waals surface area (Å²) in [6.07, 6.45) is 1.71. The molecule has 38 heavy (non-hydrogen) atoms. The number of benzene rings is 2. The third-order valence-corrected chi connectivity index (χ3v) is 7.70. The van der Waals surface area contributed by atoms with E-state index in [-0.39, 0.29) is 12.2 Å². The number of furan rings is 1. The zero-order valence-corrected chi connectivity index (χ0v) is 23.1. The van der Waals surface area contributed by atoms with Crippen LogP contribution in [0.25, 0.3) is 17.4 Å². The minimum absolute atomic E-state index is 0.230. The largest absolute Gasteiger partial charge is 0.463 e. The molecule has 0 saturated carbocycles. The van der Waals surface area contributed by atoms with E-state index < -0.39 is 12.0 Å². The number of carbonyl (C=O) groups is 1. The van der Waals surface area contributed by atoms with E-state index >= 15 is 0 Å². The first-order chi connectivity index (χ1) is 18.3. The summed E-state index contributed by atoms with van der Waals surface area (Å²) < 4.78 is 13.4. The molecule has 0 aliphatic carbocycles. The van der Waals surface area contributed by atoms with Crippen LogP contribution in [-0.4, -0.2) is 17.1 Å². The lowest BCUT2D eigenvalue weighted by Crippen LogP contribution is -2.39. The van der Waals surface area contributed by atoms with Gasteiger partial charge in [-0.2, -0.15) is 0 Å². The smallest absolute Gasteiger partial charge is 0.338 e. The predicted octanol–water partition coefficient (Wildman–Crippen LogP) is 5.84. The number of ether oxygens (including phenoxy) is 1. The zero-order chi connectivity index (χ0) is 27.0. The van der Waals surface area contributed by atoms with Crippen LogP contribution in [0.3, 0.4) is 0 Å². The maximum absolute atomic E-state index is 13.8. The van der Waals surface area contributed by atoms with E-state index in [1.807, 2.05) is 48.5 Å². The van der Waals surface area contributed by atoms with Crippen LogP contribution in [0.4, 0.5) is 0 Å². The van der Waals surface area contributed by atoms with E-state index in [1.54, 1.807) is 36.6 Å². The van der Waals surface area contributed by atoms with Gasteiger partial charge in [-0.15, -0.1) is 0 Å². The van der Waals surface area contributed by atoms with Crippen molar-refractivity contribution >= 4 is 35.0 Å². The van der Waals surface area contributed by atoms with Gasteiger partial charge >= 0.3 is 5.97 Å². The molecule has 1 atom stereocenters. The molecule has 3 heterocycles. The molecule has 2 aromatic carbocycles. The molecule has 0 unspecified atom stereocenters. The second-order valence-electron chi connectivity index (χ2n) is 9.33. The van der Waals surface area contributed by atoms with Crippen LogP contribution >= 0.6 is 22.9 Å². The number of hydrogen-bond donors (Lipinski definition) is 0. The monoisotopic (exact) mass is 546 g/mol. The number of allylic oxidation sites excluding steroid dienone is 1. The third-order valence-electron chi connectivity index (χ3n) is 6.46. The Bertz CT molecular complexity index is 1710. The van der Waals surface area contributed by atoms with Crippen LogP contribution in [-0.2, 0) is 9.53 Å². The van der Waals surface area contributed by atoms with E-state index in [4.69, 9.17) is 20.8 Å². The standard InChI is InChI=1S/C30H27ClN2O4S/c1-5-36-29(35)26-18(4)32-30-33(27(26)21-8-6-19(7-9-21)17(2)3)28(34)25(38-30)16-23-14-15-24(37-23)20-10-12-22(31)13-11-20/h6-17,27H,5H2,1-4H3/b25-16-/t27-/m1/s1. The van der Waals surface area contributed by atoms with E-state index in [0.717, 1.165) is 11.1 Å². The van der Waals surface area contributed by atoms with Crippen molar-refractivity contribution in [3.05, 3.63) is 114 Å². The Hall–Kier alpha value is -3.68. The summed E-state index contributed by atoms with van der Waals surface area (Å²) in [7, 11) is 0. The highest BCUT2D eigenvalue weighted by Crippen LogP contribution is 2.31. The molecule has 2 aromatic heterocycles. The van der Waals surface area contributed by atoms with Crippen LogP contribution in [0.1, 0.15) is 56.5 Å². The Balaban J connectivity index is 1.62. The number of carbonyl (C=O) groups excluding carboxylic acids is 1. The van der Waals surface area contributed by atoms with Gasteiger partial charge in [0.2, 0.25) is 0 Å². The molecule has 0 amide bonds. The first-order valence-corrected chi connectivity index (χ1v) is 13.6. The van der Waals surface area contributed by atoms with Gasteiger partial charge in [-0.1, -0.05) is 61.1 Å². The fourth-order valence-corrected chi connectivity index (χ4v) is 5.65. The summed E-state index contributed by atoms with van der Waals surface area (Å²) in [5.74, 6) is 1.10. The highest BCUT2D eigenvalue weighted by molar-refractivity contribution is 7.07. The molecular formula is C30H27ClN2O4S. The second kappa shape index (κ2) is 10.6. The molecule has 0 saturated heterocycles. The Kier molecular flexibility index (Phi) is 7.23. The topological polar surface area (TPSA) is 73.8 Å². The molecule has 0 spiro atoms. The molecule has 1 aliphatic heterocycles. The molecule has 4 aromatic rings. The highest BCUT2D eigenvalue weighted by atomic mass is 35.5. The Morgan fingerprint density at radius 1 is 1.13 bits per heavy atom. The molecule has 5 rings (SSSR count). The van der Waals surface area contributed by atoms with Crippen molar-refractivity contribution in [3.8, 4) is 11.3 Å². The number of rotatable bonds is 6. The lowest BCUT2D eigenvalue weighted by Gasteiger charge is -2.25. The third kappa shape index (κ3) is 4.91. The Morgan fingerprint density at radius 3 is 2.50 bits per heavy atom. The molecule has 194 valence electrons. The van der Waals surface area contributed by atoms with Gasteiger partial charge in [0.15, 0.2) is 4.80 Å². The SMILES string of the molecule is CCOC(=O)C1=C(C)N=c2s/c(=C\c3ccc(-c4ccc(Cl)cc4)o3)c(=O)n2[C@@H]1c1ccc(C(C)C)cc1. The lowest BCUT2D eigenvalue weighted by atomic mass is 9.93. The molecule has 8 heteroatoms. The second-order valence-corrected chi connectivity index (χ2v) is 10.8. The summed E-state index contributed by atoms with van der Waals surface area (Å²) in [6, 6.07) is 18.4. The summed E-state index contributed by atoms with van der Waals surface area (Å²) in [5, 5.41) is 0.646. The molecule has 0 fully saturated rings. The average Bonchev–Trinajstić information content (AvgIpc) is 3.48. The number of aromatic nitrogens is 1. The van der Waals surface area contributed by atoms with Crippen molar-refractivity contribution in [3.63, 3.8) is 0 Å². The maximum Gasteiger partial charge on any atom is 0.338 e. The van der Waals surface area contributed by atoms with Crippen LogP contribution < -0.4 is 14.9 Å². The van der Waals surface area contributed by atoms with Crippen molar-refractivity contribution in [1.29, 1.82) is 0 Å². The zero-order valence-electron chi connectivity index (χ0n) is 21.5. The summed E-state index contributed by atoms with van der Waals surface area (Å²) >= 11 is 7.27. The normalized spacial score (nSPS) is 15.5. The predicted molar refractivity (Wildman–Crippen MR) is 150 cm³/mol. The number of hydrogen-bond acceptors (Lipinski definition) is 6. The number of halogens is 1. The summed E-state index contributed by atoms with van der Waals surface area (Å²) in [4.78, 5) is 32.0. The molecule has 0 bridgehead atoms. The minimum Gasteiger partial charge on any atom is -0.463 e. The van der Waals surface area contributed by atoms with Gasteiger partial charge in [0.1, 0.15) is 11.5 Å². The van der Waals surface area contributed by atoms with Crippen LogP contribution in [0.15, 0.2) is 86.1 Å². The van der Waals surface area contributed by atoms with E-state index in [9.17, 15) is 9.59 Å². The van der Waals surface area contributed by atoms with Crippen molar-refractivity contribution in [1.82, 2.24) is 4.57 Å². The fraction of sp³-hybridized carbons (Fsp3) is 0.233. The van der Waals surface area contributed by atoms with Crippen molar-refractivity contribution < 1.29 is 13.9 Å². The molecule has 1 aliphatic rings. The summed E-state index contributed by atoms with van der Waals surface area (Å²) in [5.41, 5.74) is 3.54. The van der Waals surface area contributed by atoms with Crippen LogP contribution in [0.2, 0.25) is 5.02 Å². The first-order valence-electron chi connectivity index (χ1n) is 12.4. The number of nitrogens with zero attached hydrogens (tertiary/aromatic N) is 2. The molecular weight excluding hydrogens is 520 g/mol. The quantitative estimate of drug-likeness (QED) is 0.285. The first kappa shape index (κ1) is 25.9. The fourth-order valence-electron chi connectivity index (χ4n) is 4.50. The van der Waals surface area contributed by atoms with Crippen molar-refractivity contribution in [2.75, 3.05) is 6.61 Å². The molecule has 6 nitrogen and oxygen atoms in total. The lowest BCUT2D eigenvalue weighted by molar-refractivity contribution is -0.139. The maximum atomic E-state index is 13.8. The van der Waals surface area contributed by atoms with Crippen LogP contribution in [0, 0.1) is 0 Å². The summed E-state index contributed by atoms with van der Waals surface area (Å²) in [6.45, 7) is 8.02. The number of fused-ring (bicyclic) bond motifs is 1. The van der Waals surface area contributed by atoms with Gasteiger partial charge in [-0.3, -0.25) is 9.36 Å². The van der Waals surface area contributed by atoms with Gasteiger partial charge in [0, 0.05) is 16.7 Å². The molecule has 0 radical (unpaired) electrons.